The molecule has 0 N–H and O–H groups in total. The van der Waals surface area contributed by atoms with Crippen LogP contribution in [-0.2, 0) is 19.1 Å². The maximum absolute atomic E-state index is 11.5. The van der Waals surface area contributed by atoms with Gasteiger partial charge >= 0.3 is 11.9 Å². The average Bonchev–Trinajstić information content (AvgIpc) is 2.33. The van der Waals surface area contributed by atoms with E-state index < -0.39 is 17.9 Å². The van der Waals surface area contributed by atoms with Crippen LogP contribution in [0.15, 0.2) is 18.2 Å². The minimum atomic E-state index is -1.15. The molecule has 0 atom stereocenters. The van der Waals surface area contributed by atoms with E-state index in [9.17, 15) is 9.59 Å². The first-order valence-corrected chi connectivity index (χ1v) is 5.37. The molecule has 0 bridgehead atoms. The minimum Gasteiger partial charge on any atom is -0.468 e. The topological polar surface area (TPSA) is 52.6 Å². The lowest BCUT2D eigenvalue weighted by molar-refractivity contribution is -0.154. The highest BCUT2D eigenvalue weighted by Crippen LogP contribution is 2.27. The SMILES string of the molecule is COC(=O)C(C(=O)OC)c1ccc(Cl)c(Cl)c1. The fraction of sp³-hybridized carbons (Fsp3) is 0.273. The molecule has 0 heterocycles. The predicted octanol–water partition coefficient (Wildman–Crippen LogP) is 2.42. The molecule has 0 amide bonds. The van der Waals surface area contributed by atoms with Crippen molar-refractivity contribution in [2.75, 3.05) is 14.2 Å². The molecular formula is C11H10Cl2O4. The molecule has 1 rings (SSSR count). The van der Waals surface area contributed by atoms with Crippen LogP contribution in [0.5, 0.6) is 0 Å². The fourth-order valence-corrected chi connectivity index (χ4v) is 1.60. The van der Waals surface area contributed by atoms with E-state index in [0.29, 0.717) is 10.6 Å². The normalized spacial score (nSPS) is 10.2. The second-order valence-corrected chi connectivity index (χ2v) is 3.97. The lowest BCUT2D eigenvalue weighted by atomic mass is 9.99. The van der Waals surface area contributed by atoms with Crippen molar-refractivity contribution in [1.29, 1.82) is 0 Å². The quantitative estimate of drug-likeness (QED) is 0.629. The van der Waals surface area contributed by atoms with E-state index >= 15 is 0 Å². The Morgan fingerprint density at radius 3 is 2.00 bits per heavy atom. The lowest BCUT2D eigenvalue weighted by Gasteiger charge is -2.13. The number of hydrogen-bond donors (Lipinski definition) is 0. The molecule has 92 valence electrons. The van der Waals surface area contributed by atoms with Crippen molar-refractivity contribution in [2.45, 2.75) is 5.92 Å². The Hall–Kier alpha value is -1.26. The average molecular weight is 277 g/mol. The molecule has 0 aromatic heterocycles. The number of hydrogen-bond acceptors (Lipinski definition) is 4. The largest absolute Gasteiger partial charge is 0.468 e. The van der Waals surface area contributed by atoms with E-state index in [1.54, 1.807) is 0 Å². The van der Waals surface area contributed by atoms with Crippen LogP contribution in [0.25, 0.3) is 0 Å². The maximum atomic E-state index is 11.5. The van der Waals surface area contributed by atoms with Gasteiger partial charge in [0.1, 0.15) is 0 Å². The zero-order valence-electron chi connectivity index (χ0n) is 9.20. The van der Waals surface area contributed by atoms with Crippen molar-refractivity contribution in [3.63, 3.8) is 0 Å². The third-order valence-corrected chi connectivity index (χ3v) is 2.89. The summed E-state index contributed by atoms with van der Waals surface area (Å²) in [5.74, 6) is -2.58. The Bertz CT molecular complexity index is 429. The van der Waals surface area contributed by atoms with Gasteiger partial charge in [0.15, 0.2) is 5.92 Å². The molecule has 0 aliphatic heterocycles. The smallest absolute Gasteiger partial charge is 0.324 e. The van der Waals surface area contributed by atoms with Crippen molar-refractivity contribution in [3.05, 3.63) is 33.8 Å². The van der Waals surface area contributed by atoms with Crippen molar-refractivity contribution >= 4 is 35.1 Å². The Morgan fingerprint density at radius 1 is 1.06 bits per heavy atom. The van der Waals surface area contributed by atoms with E-state index in [0.717, 1.165) is 0 Å². The van der Waals surface area contributed by atoms with Gasteiger partial charge in [-0.1, -0.05) is 29.3 Å². The lowest BCUT2D eigenvalue weighted by Crippen LogP contribution is -2.24. The Morgan fingerprint density at radius 2 is 1.59 bits per heavy atom. The summed E-state index contributed by atoms with van der Waals surface area (Å²) in [4.78, 5) is 23.0. The summed E-state index contributed by atoms with van der Waals surface area (Å²) in [6.45, 7) is 0. The summed E-state index contributed by atoms with van der Waals surface area (Å²) >= 11 is 11.6. The highest BCUT2D eigenvalue weighted by atomic mass is 35.5. The first-order valence-electron chi connectivity index (χ1n) is 4.62. The number of carbonyl (C=O) groups is 2. The van der Waals surface area contributed by atoms with E-state index in [4.69, 9.17) is 23.2 Å². The van der Waals surface area contributed by atoms with Gasteiger partial charge in [0.25, 0.3) is 0 Å². The van der Waals surface area contributed by atoms with E-state index in [1.807, 2.05) is 0 Å². The summed E-state index contributed by atoms with van der Waals surface area (Å²) in [7, 11) is 2.38. The minimum absolute atomic E-state index is 0.252. The molecule has 0 saturated heterocycles. The van der Waals surface area contributed by atoms with Crippen molar-refractivity contribution < 1.29 is 19.1 Å². The van der Waals surface area contributed by atoms with Gasteiger partial charge in [-0.3, -0.25) is 9.59 Å². The third kappa shape index (κ3) is 3.11. The van der Waals surface area contributed by atoms with Gasteiger partial charge in [0, 0.05) is 0 Å². The Balaban J connectivity index is 3.17. The second kappa shape index (κ2) is 5.89. The summed E-state index contributed by atoms with van der Waals surface area (Å²) in [5.41, 5.74) is 0.373. The molecule has 17 heavy (non-hydrogen) atoms. The van der Waals surface area contributed by atoms with E-state index in [2.05, 4.69) is 9.47 Å². The van der Waals surface area contributed by atoms with Crippen LogP contribution in [-0.4, -0.2) is 26.2 Å². The molecule has 6 heteroatoms. The van der Waals surface area contributed by atoms with Gasteiger partial charge in [-0.15, -0.1) is 0 Å². The fourth-order valence-electron chi connectivity index (χ4n) is 1.30. The molecule has 1 aromatic rings. The van der Waals surface area contributed by atoms with Crippen LogP contribution in [0, 0.1) is 0 Å². The van der Waals surface area contributed by atoms with Gasteiger partial charge in [-0.25, -0.2) is 0 Å². The van der Waals surface area contributed by atoms with Crippen LogP contribution >= 0.6 is 23.2 Å². The molecular weight excluding hydrogens is 267 g/mol. The molecule has 4 nitrogen and oxygen atoms in total. The Labute approximate surface area is 108 Å². The van der Waals surface area contributed by atoms with Crippen LogP contribution in [0.3, 0.4) is 0 Å². The molecule has 0 aliphatic rings. The Kier molecular flexibility index (Phi) is 4.78. The van der Waals surface area contributed by atoms with Gasteiger partial charge in [0.05, 0.1) is 24.3 Å². The molecule has 0 aliphatic carbocycles. The summed E-state index contributed by atoms with van der Waals surface area (Å²) in [5, 5.41) is 0.589. The third-order valence-electron chi connectivity index (χ3n) is 2.15. The van der Waals surface area contributed by atoms with Gasteiger partial charge < -0.3 is 9.47 Å². The van der Waals surface area contributed by atoms with Gasteiger partial charge in [-0.05, 0) is 17.7 Å². The predicted molar refractivity (Wildman–Crippen MR) is 63.2 cm³/mol. The number of carbonyl (C=O) groups excluding carboxylic acids is 2. The van der Waals surface area contributed by atoms with Crippen molar-refractivity contribution in [3.8, 4) is 0 Å². The second-order valence-electron chi connectivity index (χ2n) is 3.15. The van der Waals surface area contributed by atoms with Crippen LogP contribution in [0.2, 0.25) is 10.0 Å². The first-order chi connectivity index (χ1) is 8.01. The number of benzene rings is 1. The summed E-state index contributed by atoms with van der Waals surface area (Å²) < 4.78 is 9.09. The standard InChI is InChI=1S/C11H10Cl2O4/c1-16-10(14)9(11(15)17-2)6-3-4-7(12)8(13)5-6/h3-5,9H,1-2H3. The van der Waals surface area contributed by atoms with Crippen LogP contribution < -0.4 is 0 Å². The number of methoxy groups -OCH3 is 2. The highest BCUT2D eigenvalue weighted by molar-refractivity contribution is 6.42. The first kappa shape index (κ1) is 13.8. The number of esters is 2. The zero-order chi connectivity index (χ0) is 13.0. The van der Waals surface area contributed by atoms with E-state index in [1.165, 1.54) is 32.4 Å². The number of rotatable bonds is 3. The van der Waals surface area contributed by atoms with Crippen molar-refractivity contribution in [1.82, 2.24) is 0 Å². The highest BCUT2D eigenvalue weighted by Gasteiger charge is 2.30. The summed E-state index contributed by atoms with van der Waals surface area (Å²) in [6, 6.07) is 4.45. The number of halogens is 2. The van der Waals surface area contributed by atoms with Gasteiger partial charge in [-0.2, -0.15) is 0 Å². The van der Waals surface area contributed by atoms with E-state index in [-0.39, 0.29) is 5.02 Å². The van der Waals surface area contributed by atoms with Crippen LogP contribution in [0.1, 0.15) is 11.5 Å². The molecule has 0 fully saturated rings. The maximum Gasteiger partial charge on any atom is 0.324 e. The van der Waals surface area contributed by atoms with Gasteiger partial charge in [0.2, 0.25) is 0 Å². The number of ether oxygens (including phenoxy) is 2. The van der Waals surface area contributed by atoms with Crippen molar-refractivity contribution in [2.24, 2.45) is 0 Å². The molecule has 1 aromatic carbocycles. The molecule has 0 spiro atoms. The summed E-state index contributed by atoms with van der Waals surface area (Å²) in [6.07, 6.45) is 0. The monoisotopic (exact) mass is 276 g/mol. The molecule has 0 saturated carbocycles. The zero-order valence-corrected chi connectivity index (χ0v) is 10.7. The molecule has 0 radical (unpaired) electrons. The molecule has 0 unspecified atom stereocenters. The van der Waals surface area contributed by atoms with Crippen LogP contribution in [0.4, 0.5) is 0 Å².